The van der Waals surface area contributed by atoms with Gasteiger partial charge in [-0.15, -0.1) is 0 Å². The average Bonchev–Trinajstić information content (AvgIpc) is 3.41. The Balaban J connectivity index is 0.000000212. The van der Waals surface area contributed by atoms with E-state index < -0.39 is 22.4 Å². The summed E-state index contributed by atoms with van der Waals surface area (Å²) in [5.41, 5.74) is 5.96. The molecule has 4 N–H and O–H groups in total. The number of rotatable bonds is 5. The Morgan fingerprint density at radius 3 is 2.44 bits per heavy atom. The van der Waals surface area contributed by atoms with Gasteiger partial charge in [0.2, 0.25) is 5.95 Å². The van der Waals surface area contributed by atoms with Gasteiger partial charge >= 0.3 is 0 Å². The highest BCUT2D eigenvalue weighted by Gasteiger charge is 2.44. The molecular weight excluding hydrogens is 543 g/mol. The van der Waals surface area contributed by atoms with Gasteiger partial charge in [0.15, 0.2) is 5.82 Å². The molecule has 2 fully saturated rings. The summed E-state index contributed by atoms with van der Waals surface area (Å²) >= 11 is 6.15. The number of nitrogens with two attached hydrogens (primary N) is 1. The SMILES string of the molecule is CC(C)S(=O)N1C2CC[C@H]1CCC2O.CC(C)n1c(C(C)(C)O)nc2c(F)cc(-c3nc(N)ncc3Cl)cc21. The fourth-order valence-electron chi connectivity index (χ4n) is 5.43. The number of aliphatic hydroxyl groups excluding tert-OH is 1. The molecule has 2 saturated heterocycles. The first kappa shape index (κ1) is 29.8. The van der Waals surface area contributed by atoms with Crippen molar-refractivity contribution in [2.24, 2.45) is 0 Å². The third-order valence-corrected chi connectivity index (χ3v) is 9.25. The van der Waals surface area contributed by atoms with E-state index >= 15 is 0 Å². The summed E-state index contributed by atoms with van der Waals surface area (Å²) in [6.07, 6.45) is 5.15. The number of hydrogen-bond acceptors (Lipinski definition) is 7. The zero-order chi connectivity index (χ0) is 28.8. The van der Waals surface area contributed by atoms with E-state index in [1.165, 1.54) is 12.3 Å². The number of piperidine rings is 1. The van der Waals surface area contributed by atoms with Crippen LogP contribution in [-0.2, 0) is 16.6 Å². The predicted octanol–water partition coefficient (Wildman–Crippen LogP) is 4.72. The maximum atomic E-state index is 14.7. The summed E-state index contributed by atoms with van der Waals surface area (Å²) in [5, 5.41) is 20.7. The molecule has 2 aliphatic rings. The Bertz CT molecular complexity index is 1380. The Hall–Kier alpha value is -2.18. The van der Waals surface area contributed by atoms with E-state index in [9.17, 15) is 18.8 Å². The summed E-state index contributed by atoms with van der Waals surface area (Å²) in [4.78, 5) is 12.3. The number of fused-ring (bicyclic) bond motifs is 3. The van der Waals surface area contributed by atoms with Gasteiger partial charge in [-0.3, -0.25) is 0 Å². The quantitative estimate of drug-likeness (QED) is 0.398. The smallest absolute Gasteiger partial charge is 0.220 e. The molecule has 4 atom stereocenters. The number of hydrogen-bond donors (Lipinski definition) is 3. The summed E-state index contributed by atoms with van der Waals surface area (Å²) in [7, 11) is -0.903. The number of imidazole rings is 1. The van der Waals surface area contributed by atoms with Crippen LogP contribution >= 0.6 is 11.6 Å². The van der Waals surface area contributed by atoms with E-state index in [1.807, 2.05) is 27.7 Å². The first-order chi connectivity index (χ1) is 18.2. The van der Waals surface area contributed by atoms with Crippen molar-refractivity contribution in [2.75, 3.05) is 5.73 Å². The molecule has 5 rings (SSSR count). The molecule has 0 spiro atoms. The molecule has 2 aromatic heterocycles. The predicted molar refractivity (Wildman–Crippen MR) is 153 cm³/mol. The molecule has 2 aliphatic heterocycles. The molecule has 0 saturated carbocycles. The lowest BCUT2D eigenvalue weighted by molar-refractivity contribution is 0.0606. The van der Waals surface area contributed by atoms with Crippen LogP contribution in [0.25, 0.3) is 22.3 Å². The molecule has 214 valence electrons. The fraction of sp³-hybridized carbons (Fsp3) is 0.593. The van der Waals surface area contributed by atoms with Crippen molar-refractivity contribution < 1.29 is 18.8 Å². The molecule has 3 unspecified atom stereocenters. The summed E-state index contributed by atoms with van der Waals surface area (Å²) < 4.78 is 30.6. The van der Waals surface area contributed by atoms with Gasteiger partial charge < -0.3 is 20.5 Å². The number of benzene rings is 1. The van der Waals surface area contributed by atoms with Crippen LogP contribution in [0.15, 0.2) is 18.3 Å². The Labute approximate surface area is 236 Å². The molecule has 3 aromatic rings. The van der Waals surface area contributed by atoms with E-state index in [0.29, 0.717) is 28.6 Å². The molecule has 0 aliphatic carbocycles. The number of aliphatic hydroxyl groups is 2. The number of nitrogen functional groups attached to an aromatic ring is 1. The number of aromatic nitrogens is 4. The first-order valence-electron chi connectivity index (χ1n) is 13.3. The largest absolute Gasteiger partial charge is 0.391 e. The second-order valence-corrected chi connectivity index (χ2v) is 13.7. The molecule has 0 amide bonds. The van der Waals surface area contributed by atoms with Crippen LogP contribution in [0.1, 0.15) is 79.1 Å². The van der Waals surface area contributed by atoms with Gasteiger partial charge in [-0.25, -0.2) is 27.9 Å². The van der Waals surface area contributed by atoms with Crippen molar-refractivity contribution >= 4 is 39.6 Å². The van der Waals surface area contributed by atoms with Crippen molar-refractivity contribution in [2.45, 2.75) is 102 Å². The van der Waals surface area contributed by atoms with Crippen LogP contribution < -0.4 is 5.73 Å². The van der Waals surface area contributed by atoms with E-state index in [1.54, 1.807) is 24.5 Å². The van der Waals surface area contributed by atoms with Crippen molar-refractivity contribution in [3.8, 4) is 11.3 Å². The topological polar surface area (TPSA) is 130 Å². The minimum atomic E-state index is -1.22. The molecule has 39 heavy (non-hydrogen) atoms. The third kappa shape index (κ3) is 5.97. The maximum Gasteiger partial charge on any atom is 0.220 e. The van der Waals surface area contributed by atoms with Crippen LogP contribution in [0.4, 0.5) is 10.3 Å². The van der Waals surface area contributed by atoms with Crippen LogP contribution in [0, 0.1) is 5.82 Å². The first-order valence-corrected chi connectivity index (χ1v) is 14.8. The van der Waals surface area contributed by atoms with Gasteiger partial charge in [0, 0.05) is 28.9 Å². The van der Waals surface area contributed by atoms with Crippen molar-refractivity contribution in [1.29, 1.82) is 0 Å². The molecule has 9 nitrogen and oxygen atoms in total. The summed E-state index contributed by atoms with van der Waals surface area (Å²) in [6.45, 7) is 11.1. The van der Waals surface area contributed by atoms with Crippen molar-refractivity contribution in [1.82, 2.24) is 23.8 Å². The van der Waals surface area contributed by atoms with Gasteiger partial charge in [0.05, 0.1) is 39.5 Å². The van der Waals surface area contributed by atoms with Gasteiger partial charge in [-0.1, -0.05) is 11.6 Å². The molecule has 2 bridgehead atoms. The second kappa shape index (κ2) is 11.4. The average molecular weight is 581 g/mol. The van der Waals surface area contributed by atoms with E-state index in [4.69, 9.17) is 17.3 Å². The van der Waals surface area contributed by atoms with Crippen molar-refractivity contribution in [3.05, 3.63) is 35.0 Å². The van der Waals surface area contributed by atoms with Gasteiger partial charge in [-0.05, 0) is 79.4 Å². The molecule has 1 aromatic carbocycles. The lowest BCUT2D eigenvalue weighted by atomic mass is 10.0. The highest BCUT2D eigenvalue weighted by Crippen LogP contribution is 2.38. The lowest BCUT2D eigenvalue weighted by Gasteiger charge is -2.37. The van der Waals surface area contributed by atoms with E-state index in [-0.39, 0.29) is 39.9 Å². The second-order valence-electron chi connectivity index (χ2n) is 11.3. The standard InChI is InChI=1S/C17H19ClFN5O.C10H19NO2S/c1-8(2)24-12-6-9(13-10(18)7-21-16(20)23-13)5-11(19)14(12)22-15(24)17(3,4)25;1-7(2)14(13)11-8-3-5-9(11)10(12)6-4-8/h5-8,25H,1-4H3,(H2,20,21,23);7-10,12H,3-6H2,1-2H3/t;8-,9?,10?,14?/m.0/s1. The molecule has 4 heterocycles. The third-order valence-electron chi connectivity index (χ3n) is 7.18. The number of anilines is 1. The molecule has 12 heteroatoms. The van der Waals surface area contributed by atoms with Gasteiger partial charge in [-0.2, -0.15) is 0 Å². The van der Waals surface area contributed by atoms with Crippen LogP contribution in [0.2, 0.25) is 5.02 Å². The highest BCUT2D eigenvalue weighted by molar-refractivity contribution is 7.83. The van der Waals surface area contributed by atoms with E-state index in [0.717, 1.165) is 25.7 Å². The lowest BCUT2D eigenvalue weighted by Crippen LogP contribution is -2.49. The zero-order valence-corrected chi connectivity index (χ0v) is 24.8. The van der Waals surface area contributed by atoms with Gasteiger partial charge in [0.25, 0.3) is 0 Å². The summed E-state index contributed by atoms with van der Waals surface area (Å²) in [5.74, 6) is -0.0815. The Morgan fingerprint density at radius 1 is 1.15 bits per heavy atom. The van der Waals surface area contributed by atoms with Crippen molar-refractivity contribution in [3.63, 3.8) is 0 Å². The molecule has 0 radical (unpaired) electrons. The number of nitrogens with zero attached hydrogens (tertiary/aromatic N) is 5. The number of halogens is 2. The van der Waals surface area contributed by atoms with Crippen LogP contribution in [0.3, 0.4) is 0 Å². The Kier molecular flexibility index (Phi) is 8.68. The maximum absolute atomic E-state index is 14.7. The molecular formula is C27H38ClFN6O3S. The zero-order valence-electron chi connectivity index (χ0n) is 23.2. The van der Waals surface area contributed by atoms with E-state index in [2.05, 4.69) is 19.3 Å². The fourth-order valence-corrected chi connectivity index (χ4v) is 7.13. The highest BCUT2D eigenvalue weighted by atomic mass is 35.5. The minimum absolute atomic E-state index is 0.0352. The van der Waals surface area contributed by atoms with Crippen LogP contribution in [-0.4, -0.2) is 61.7 Å². The Morgan fingerprint density at radius 2 is 1.82 bits per heavy atom. The normalized spacial score (nSPS) is 22.4. The summed E-state index contributed by atoms with van der Waals surface area (Å²) in [6, 6.07) is 3.64. The monoisotopic (exact) mass is 580 g/mol. The minimum Gasteiger partial charge on any atom is -0.391 e. The van der Waals surface area contributed by atoms with Crippen LogP contribution in [0.5, 0.6) is 0 Å². The van der Waals surface area contributed by atoms with Gasteiger partial charge in [0.1, 0.15) is 16.9 Å².